The van der Waals surface area contributed by atoms with Crippen LogP contribution in [0.3, 0.4) is 0 Å². The fraction of sp³-hybridized carbons (Fsp3) is 0.214. The number of tetrazole rings is 1. The fourth-order valence-electron chi connectivity index (χ4n) is 2.05. The van der Waals surface area contributed by atoms with Crippen molar-refractivity contribution in [1.29, 1.82) is 0 Å². The van der Waals surface area contributed by atoms with Crippen molar-refractivity contribution in [1.82, 2.24) is 35.1 Å². The van der Waals surface area contributed by atoms with Crippen molar-refractivity contribution < 1.29 is 13.5 Å². The van der Waals surface area contributed by atoms with Crippen LogP contribution in [0.1, 0.15) is 5.56 Å². The summed E-state index contributed by atoms with van der Waals surface area (Å²) in [6.45, 7) is 0.0984. The molecule has 0 aliphatic rings. The molecule has 0 unspecified atom stereocenters. The minimum atomic E-state index is -3.64. The number of aliphatic hydroxyl groups is 1. The van der Waals surface area contributed by atoms with Crippen LogP contribution in [0.2, 0.25) is 0 Å². The molecule has 0 aliphatic carbocycles. The van der Waals surface area contributed by atoms with Gasteiger partial charge in [0.05, 0.1) is 24.2 Å². The van der Waals surface area contributed by atoms with Gasteiger partial charge in [-0.3, -0.25) is 0 Å². The van der Waals surface area contributed by atoms with E-state index in [1.54, 1.807) is 30.6 Å². The van der Waals surface area contributed by atoms with E-state index >= 15 is 0 Å². The van der Waals surface area contributed by atoms with Gasteiger partial charge in [-0.15, -0.1) is 10.2 Å². The number of sulfonamides is 1. The zero-order valence-corrected chi connectivity index (χ0v) is 13.8. The molecule has 130 valence electrons. The third kappa shape index (κ3) is 4.21. The number of aliphatic hydroxyl groups excluding tert-OH is 1. The fourth-order valence-corrected chi connectivity index (χ4v) is 3.07. The van der Waals surface area contributed by atoms with Crippen LogP contribution >= 0.6 is 0 Å². The molecule has 0 radical (unpaired) electrons. The molecule has 25 heavy (non-hydrogen) atoms. The Morgan fingerprint density at radius 3 is 2.60 bits per heavy atom. The van der Waals surface area contributed by atoms with Gasteiger partial charge in [-0.2, -0.15) is 15.0 Å². The van der Waals surface area contributed by atoms with E-state index in [9.17, 15) is 8.42 Å². The molecular formula is C14H15N7O3S. The van der Waals surface area contributed by atoms with Gasteiger partial charge in [0.15, 0.2) is 0 Å². The van der Waals surface area contributed by atoms with E-state index in [2.05, 4.69) is 30.3 Å². The molecule has 0 bridgehead atoms. The number of aromatic nitrogens is 6. The first kappa shape index (κ1) is 17.1. The largest absolute Gasteiger partial charge is 0.395 e. The normalized spacial score (nSPS) is 11.6. The molecule has 2 aromatic heterocycles. The van der Waals surface area contributed by atoms with Crippen molar-refractivity contribution in [2.24, 2.45) is 0 Å². The van der Waals surface area contributed by atoms with Gasteiger partial charge >= 0.3 is 0 Å². The van der Waals surface area contributed by atoms with Gasteiger partial charge in [0, 0.05) is 18.3 Å². The molecule has 0 amide bonds. The predicted molar refractivity (Wildman–Crippen MR) is 86.7 cm³/mol. The highest BCUT2D eigenvalue weighted by Crippen LogP contribution is 2.17. The van der Waals surface area contributed by atoms with Gasteiger partial charge in [0.1, 0.15) is 0 Å². The Hall–Kier alpha value is -2.76. The molecular weight excluding hydrogens is 346 g/mol. The maximum atomic E-state index is 12.0. The third-order valence-electron chi connectivity index (χ3n) is 3.25. The lowest BCUT2D eigenvalue weighted by molar-refractivity contribution is 0.301. The monoisotopic (exact) mass is 361 g/mol. The van der Waals surface area contributed by atoms with E-state index in [4.69, 9.17) is 5.11 Å². The van der Waals surface area contributed by atoms with E-state index in [1.165, 1.54) is 16.9 Å². The molecule has 2 N–H and O–H groups in total. The minimum absolute atomic E-state index is 0.0379. The summed E-state index contributed by atoms with van der Waals surface area (Å²) in [5.41, 5.74) is 1.52. The quantitative estimate of drug-likeness (QED) is 0.572. The van der Waals surface area contributed by atoms with Crippen molar-refractivity contribution in [3.05, 3.63) is 48.3 Å². The second-order valence-electron chi connectivity index (χ2n) is 5.04. The Morgan fingerprint density at radius 2 is 1.92 bits per heavy atom. The van der Waals surface area contributed by atoms with Crippen LogP contribution in [0.5, 0.6) is 0 Å². The second-order valence-corrected chi connectivity index (χ2v) is 6.81. The minimum Gasteiger partial charge on any atom is -0.395 e. The van der Waals surface area contributed by atoms with Crippen LogP contribution in [0, 0.1) is 0 Å². The highest BCUT2D eigenvalue weighted by molar-refractivity contribution is 7.89. The molecule has 2 heterocycles. The average molecular weight is 361 g/mol. The molecule has 1 aromatic carbocycles. The number of nitrogens with zero attached hydrogens (tertiary/aromatic N) is 6. The van der Waals surface area contributed by atoms with Crippen LogP contribution in [0.25, 0.3) is 11.4 Å². The van der Waals surface area contributed by atoms with Crippen LogP contribution in [0.4, 0.5) is 0 Å². The molecule has 3 rings (SSSR count). The molecule has 0 aliphatic heterocycles. The van der Waals surface area contributed by atoms with Crippen LogP contribution in [0.15, 0.2) is 47.6 Å². The lowest BCUT2D eigenvalue weighted by atomic mass is 10.2. The first-order valence-electron chi connectivity index (χ1n) is 7.33. The van der Waals surface area contributed by atoms with Crippen molar-refractivity contribution in [2.45, 2.75) is 11.4 Å². The van der Waals surface area contributed by atoms with Crippen molar-refractivity contribution in [2.75, 3.05) is 13.2 Å². The summed E-state index contributed by atoms with van der Waals surface area (Å²) < 4.78 is 26.2. The maximum Gasteiger partial charge on any atom is 0.240 e. The first-order valence-corrected chi connectivity index (χ1v) is 8.81. The lowest BCUT2D eigenvalue weighted by Crippen LogP contribution is -2.26. The molecule has 0 fully saturated rings. The van der Waals surface area contributed by atoms with Gasteiger partial charge in [0.25, 0.3) is 0 Å². The standard InChI is InChI=1S/C14H15N7O3S/c22-8-7-17-25(23,24)13-3-1-12(2-4-13)14-18-20-21(19-14)10-11-5-6-15-16-9-11/h1-6,9,17,22H,7-8,10H2. The Bertz CT molecular complexity index is 927. The van der Waals surface area contributed by atoms with E-state index in [-0.39, 0.29) is 18.0 Å². The van der Waals surface area contributed by atoms with Gasteiger partial charge in [-0.05, 0) is 41.1 Å². The summed E-state index contributed by atoms with van der Waals surface area (Å²) in [6, 6.07) is 7.89. The number of nitrogens with one attached hydrogen (secondary N) is 1. The van der Waals surface area contributed by atoms with Crippen molar-refractivity contribution in [3.8, 4) is 11.4 Å². The second kappa shape index (κ2) is 7.42. The van der Waals surface area contributed by atoms with Gasteiger partial charge in [-0.25, -0.2) is 13.1 Å². The van der Waals surface area contributed by atoms with E-state index < -0.39 is 10.0 Å². The Kier molecular flexibility index (Phi) is 5.07. The predicted octanol–water partition coefficient (Wildman–Crippen LogP) is -0.551. The van der Waals surface area contributed by atoms with Crippen LogP contribution in [-0.2, 0) is 16.6 Å². The number of hydrogen-bond donors (Lipinski definition) is 2. The summed E-state index contributed by atoms with van der Waals surface area (Å²) in [6.07, 6.45) is 3.19. The summed E-state index contributed by atoms with van der Waals surface area (Å²) in [7, 11) is -3.64. The molecule has 0 saturated carbocycles. The topological polar surface area (TPSA) is 136 Å². The number of hydrogen-bond acceptors (Lipinski definition) is 8. The number of benzene rings is 1. The first-order chi connectivity index (χ1) is 12.1. The highest BCUT2D eigenvalue weighted by atomic mass is 32.2. The Morgan fingerprint density at radius 1 is 1.12 bits per heavy atom. The van der Waals surface area contributed by atoms with E-state index in [0.29, 0.717) is 17.9 Å². The number of rotatable bonds is 7. The zero-order chi connectivity index (χ0) is 17.7. The zero-order valence-electron chi connectivity index (χ0n) is 13.0. The highest BCUT2D eigenvalue weighted by Gasteiger charge is 2.14. The molecule has 11 heteroatoms. The SMILES string of the molecule is O=S(=O)(NCCO)c1ccc(-c2nnn(Cc3ccnnc3)n2)cc1. The maximum absolute atomic E-state index is 12.0. The average Bonchev–Trinajstić information content (AvgIpc) is 3.09. The lowest BCUT2D eigenvalue weighted by Gasteiger charge is -2.05. The van der Waals surface area contributed by atoms with Crippen molar-refractivity contribution >= 4 is 10.0 Å². The summed E-state index contributed by atoms with van der Waals surface area (Å²) in [4.78, 5) is 1.51. The van der Waals surface area contributed by atoms with Crippen LogP contribution < -0.4 is 4.72 Å². The molecule has 3 aromatic rings. The molecule has 0 saturated heterocycles. The smallest absolute Gasteiger partial charge is 0.240 e. The Balaban J connectivity index is 1.75. The van der Waals surface area contributed by atoms with Gasteiger partial charge < -0.3 is 5.11 Å². The molecule has 0 atom stereocenters. The molecule has 0 spiro atoms. The van der Waals surface area contributed by atoms with Gasteiger partial charge in [0.2, 0.25) is 15.8 Å². The van der Waals surface area contributed by atoms with E-state index in [0.717, 1.165) is 5.56 Å². The van der Waals surface area contributed by atoms with Crippen LogP contribution in [-0.4, -0.2) is 57.1 Å². The summed E-state index contributed by atoms with van der Waals surface area (Å²) >= 11 is 0. The Labute approximate surface area is 143 Å². The van der Waals surface area contributed by atoms with Crippen molar-refractivity contribution in [3.63, 3.8) is 0 Å². The summed E-state index contributed by atoms with van der Waals surface area (Å²) in [5, 5.41) is 28.4. The van der Waals surface area contributed by atoms with Gasteiger partial charge in [-0.1, -0.05) is 0 Å². The summed E-state index contributed by atoms with van der Waals surface area (Å²) in [5.74, 6) is 0.384. The third-order valence-corrected chi connectivity index (χ3v) is 4.73. The van der Waals surface area contributed by atoms with E-state index in [1.807, 2.05) is 0 Å². The molecule has 10 nitrogen and oxygen atoms in total.